The molecule has 1 aromatic rings. The molecular weight excluding hydrogens is 234 g/mol. The molecule has 6 nitrogen and oxygen atoms in total. The second-order valence-corrected chi connectivity index (χ2v) is 4.31. The molecular formula is C12H17N3O3. The molecule has 0 aromatic carbocycles. The number of carboxylic acids is 1. The molecule has 2 unspecified atom stereocenters. The summed E-state index contributed by atoms with van der Waals surface area (Å²) < 4.78 is 5.31. The van der Waals surface area contributed by atoms with Gasteiger partial charge in [-0.3, -0.25) is 9.78 Å². The lowest BCUT2D eigenvalue weighted by atomic mass is 10.0. The van der Waals surface area contributed by atoms with E-state index in [2.05, 4.69) is 16.9 Å². The average molecular weight is 251 g/mol. The molecule has 0 bridgehead atoms. The summed E-state index contributed by atoms with van der Waals surface area (Å²) in [6.07, 6.45) is 5.79. The Morgan fingerprint density at radius 1 is 1.56 bits per heavy atom. The maximum atomic E-state index is 11.2. The zero-order valence-corrected chi connectivity index (χ0v) is 10.3. The number of hydrogen-bond donors (Lipinski definition) is 1. The quantitative estimate of drug-likeness (QED) is 0.834. The summed E-state index contributed by atoms with van der Waals surface area (Å²) >= 11 is 0. The van der Waals surface area contributed by atoms with Gasteiger partial charge in [-0.2, -0.15) is 0 Å². The highest BCUT2D eigenvalue weighted by Gasteiger charge is 2.38. The van der Waals surface area contributed by atoms with Crippen LogP contribution in [0.25, 0.3) is 0 Å². The van der Waals surface area contributed by atoms with Crippen LogP contribution in [0.3, 0.4) is 0 Å². The second-order valence-electron chi connectivity index (χ2n) is 4.31. The van der Waals surface area contributed by atoms with Crippen LogP contribution in [0.15, 0.2) is 18.6 Å². The van der Waals surface area contributed by atoms with Crippen LogP contribution < -0.4 is 4.90 Å². The van der Waals surface area contributed by atoms with Crippen LogP contribution in [-0.2, 0) is 9.53 Å². The zero-order chi connectivity index (χ0) is 13.0. The number of carboxylic acid groups (broad SMARTS) is 1. The van der Waals surface area contributed by atoms with Crippen molar-refractivity contribution < 1.29 is 14.6 Å². The molecule has 1 saturated heterocycles. The zero-order valence-electron chi connectivity index (χ0n) is 10.3. The summed E-state index contributed by atoms with van der Waals surface area (Å²) in [6.45, 7) is 3.49. The predicted molar refractivity (Wildman–Crippen MR) is 65.4 cm³/mol. The van der Waals surface area contributed by atoms with Gasteiger partial charge in [0.1, 0.15) is 11.7 Å². The molecule has 2 rings (SSSR count). The molecule has 0 aliphatic carbocycles. The Kier molecular flexibility index (Phi) is 4.09. The van der Waals surface area contributed by atoms with Crippen molar-refractivity contribution in [2.24, 2.45) is 5.92 Å². The van der Waals surface area contributed by atoms with Gasteiger partial charge in [-0.1, -0.05) is 6.92 Å². The van der Waals surface area contributed by atoms with Gasteiger partial charge in [-0.05, 0) is 6.42 Å². The van der Waals surface area contributed by atoms with Crippen molar-refractivity contribution in [2.45, 2.75) is 19.4 Å². The fourth-order valence-corrected chi connectivity index (χ4v) is 2.22. The third kappa shape index (κ3) is 2.59. The topological polar surface area (TPSA) is 75.5 Å². The first-order valence-electron chi connectivity index (χ1n) is 6.07. The van der Waals surface area contributed by atoms with Crippen molar-refractivity contribution in [3.63, 3.8) is 0 Å². The molecule has 0 radical (unpaired) electrons. The van der Waals surface area contributed by atoms with Gasteiger partial charge in [0.2, 0.25) is 0 Å². The van der Waals surface area contributed by atoms with Gasteiger partial charge >= 0.3 is 5.97 Å². The second kappa shape index (κ2) is 5.77. The third-order valence-corrected chi connectivity index (χ3v) is 3.08. The van der Waals surface area contributed by atoms with E-state index >= 15 is 0 Å². The van der Waals surface area contributed by atoms with Crippen LogP contribution in [-0.4, -0.2) is 46.8 Å². The Bertz CT molecular complexity index is 399. The van der Waals surface area contributed by atoms with E-state index in [-0.39, 0.29) is 12.6 Å². The molecule has 1 aliphatic rings. The first-order chi connectivity index (χ1) is 8.74. The SMILES string of the molecule is CCCN(c1cnccn1)C1COCC1C(=O)O. The summed E-state index contributed by atoms with van der Waals surface area (Å²) in [7, 11) is 0. The van der Waals surface area contributed by atoms with E-state index in [1.807, 2.05) is 4.90 Å². The number of nitrogens with zero attached hydrogens (tertiary/aromatic N) is 3. The van der Waals surface area contributed by atoms with Crippen molar-refractivity contribution in [3.8, 4) is 0 Å². The minimum absolute atomic E-state index is 0.167. The molecule has 2 atom stereocenters. The normalized spacial score (nSPS) is 22.9. The smallest absolute Gasteiger partial charge is 0.311 e. The average Bonchev–Trinajstić information content (AvgIpc) is 2.86. The lowest BCUT2D eigenvalue weighted by Gasteiger charge is -2.30. The molecule has 6 heteroatoms. The first-order valence-corrected chi connectivity index (χ1v) is 6.07. The number of hydrogen-bond acceptors (Lipinski definition) is 5. The summed E-state index contributed by atoms with van der Waals surface area (Å²) in [5.41, 5.74) is 0. The van der Waals surface area contributed by atoms with Crippen LogP contribution in [0, 0.1) is 5.92 Å². The summed E-state index contributed by atoms with van der Waals surface area (Å²) in [5.74, 6) is -0.609. The Morgan fingerprint density at radius 3 is 3.00 bits per heavy atom. The van der Waals surface area contributed by atoms with E-state index < -0.39 is 11.9 Å². The van der Waals surface area contributed by atoms with Gasteiger partial charge in [0.15, 0.2) is 0 Å². The maximum absolute atomic E-state index is 11.2. The van der Waals surface area contributed by atoms with Crippen molar-refractivity contribution in [1.29, 1.82) is 0 Å². The van der Waals surface area contributed by atoms with E-state index in [4.69, 9.17) is 4.74 Å². The van der Waals surface area contributed by atoms with Crippen LogP contribution >= 0.6 is 0 Å². The summed E-state index contributed by atoms with van der Waals surface area (Å²) in [4.78, 5) is 21.5. The summed E-state index contributed by atoms with van der Waals surface area (Å²) in [6, 6.07) is -0.167. The third-order valence-electron chi connectivity index (χ3n) is 3.08. The highest BCUT2D eigenvalue weighted by molar-refractivity contribution is 5.72. The number of aromatic nitrogens is 2. The molecule has 0 saturated carbocycles. The highest BCUT2D eigenvalue weighted by Crippen LogP contribution is 2.24. The van der Waals surface area contributed by atoms with E-state index in [0.29, 0.717) is 12.4 Å². The number of aliphatic carboxylic acids is 1. The monoisotopic (exact) mass is 251 g/mol. The predicted octanol–water partition coefficient (Wildman–Crippen LogP) is 0.793. The van der Waals surface area contributed by atoms with E-state index in [0.717, 1.165) is 13.0 Å². The van der Waals surface area contributed by atoms with Gasteiger partial charge in [-0.25, -0.2) is 4.98 Å². The molecule has 0 spiro atoms. The van der Waals surface area contributed by atoms with Gasteiger partial charge in [0.05, 0.1) is 25.5 Å². The molecule has 1 aliphatic heterocycles. The fraction of sp³-hybridized carbons (Fsp3) is 0.583. The van der Waals surface area contributed by atoms with Crippen molar-refractivity contribution in [2.75, 3.05) is 24.7 Å². The number of rotatable bonds is 5. The van der Waals surface area contributed by atoms with Gasteiger partial charge in [0, 0.05) is 18.9 Å². The standard InChI is InChI=1S/C12H17N3O3/c1-2-5-15(11-6-13-3-4-14-11)10-8-18-7-9(10)12(16)17/h3-4,6,9-10H,2,5,7-8H2,1H3,(H,16,17). The Morgan fingerprint density at radius 2 is 2.39 bits per heavy atom. The van der Waals surface area contributed by atoms with Crippen LogP contribution in [0.4, 0.5) is 5.82 Å². The molecule has 1 N–H and O–H groups in total. The van der Waals surface area contributed by atoms with E-state index in [1.54, 1.807) is 18.6 Å². The molecule has 2 heterocycles. The molecule has 0 amide bonds. The van der Waals surface area contributed by atoms with Crippen molar-refractivity contribution >= 4 is 11.8 Å². The fourth-order valence-electron chi connectivity index (χ4n) is 2.22. The highest BCUT2D eigenvalue weighted by atomic mass is 16.5. The van der Waals surface area contributed by atoms with Crippen LogP contribution in [0.2, 0.25) is 0 Å². The molecule has 1 fully saturated rings. The largest absolute Gasteiger partial charge is 0.481 e. The van der Waals surface area contributed by atoms with Gasteiger partial charge in [-0.15, -0.1) is 0 Å². The minimum atomic E-state index is -0.817. The lowest BCUT2D eigenvalue weighted by Crippen LogP contribution is -2.44. The first kappa shape index (κ1) is 12.8. The van der Waals surface area contributed by atoms with E-state index in [9.17, 15) is 9.90 Å². The molecule has 18 heavy (non-hydrogen) atoms. The summed E-state index contributed by atoms with van der Waals surface area (Å²) in [5, 5.41) is 9.20. The Labute approximate surface area is 106 Å². The van der Waals surface area contributed by atoms with E-state index in [1.165, 1.54) is 0 Å². The van der Waals surface area contributed by atoms with Crippen LogP contribution in [0.1, 0.15) is 13.3 Å². The number of carbonyl (C=O) groups is 1. The van der Waals surface area contributed by atoms with Gasteiger partial charge < -0.3 is 14.7 Å². The Hall–Kier alpha value is -1.69. The lowest BCUT2D eigenvalue weighted by molar-refractivity contribution is -0.141. The minimum Gasteiger partial charge on any atom is -0.481 e. The maximum Gasteiger partial charge on any atom is 0.311 e. The van der Waals surface area contributed by atoms with Crippen molar-refractivity contribution in [3.05, 3.63) is 18.6 Å². The van der Waals surface area contributed by atoms with Gasteiger partial charge in [0.25, 0.3) is 0 Å². The molecule has 98 valence electrons. The van der Waals surface area contributed by atoms with Crippen molar-refractivity contribution in [1.82, 2.24) is 9.97 Å². The Balaban J connectivity index is 2.22. The molecule has 1 aromatic heterocycles. The number of anilines is 1. The van der Waals surface area contributed by atoms with Crippen LogP contribution in [0.5, 0.6) is 0 Å². The number of ether oxygens (including phenoxy) is 1.